The van der Waals surface area contributed by atoms with Crippen molar-refractivity contribution in [2.75, 3.05) is 13.2 Å². The Morgan fingerprint density at radius 2 is 2.00 bits per heavy atom. The number of carbonyl (C=O) groups excluding carboxylic acids is 1. The Morgan fingerprint density at radius 3 is 2.56 bits per heavy atom. The van der Waals surface area contributed by atoms with E-state index in [1.54, 1.807) is 24.3 Å². The highest BCUT2D eigenvalue weighted by Gasteiger charge is 2.17. The molecule has 0 unspecified atom stereocenters. The van der Waals surface area contributed by atoms with Crippen molar-refractivity contribution < 1.29 is 14.7 Å². The van der Waals surface area contributed by atoms with Gasteiger partial charge in [-0.3, -0.25) is 0 Å². The first-order chi connectivity index (χ1) is 7.55. The fourth-order valence-corrected chi connectivity index (χ4v) is 0.986. The largest absolute Gasteiger partial charge is 0.396 e. The second-order valence-corrected chi connectivity index (χ2v) is 4.40. The summed E-state index contributed by atoms with van der Waals surface area (Å²) in [5.41, 5.74) is 2.75. The van der Waals surface area contributed by atoms with Gasteiger partial charge in [0.25, 0.3) is 0 Å². The molecule has 0 saturated heterocycles. The van der Waals surface area contributed by atoms with E-state index in [-0.39, 0.29) is 12.0 Å². The van der Waals surface area contributed by atoms with Crippen LogP contribution in [0.4, 0.5) is 0 Å². The molecule has 2 N–H and O–H groups in total. The predicted molar refractivity (Wildman–Crippen MR) is 60.7 cm³/mol. The van der Waals surface area contributed by atoms with Crippen molar-refractivity contribution in [1.29, 1.82) is 0 Å². The van der Waals surface area contributed by atoms with Gasteiger partial charge in [-0.1, -0.05) is 32.0 Å². The Kier molecular flexibility index (Phi) is 4.46. The third kappa shape index (κ3) is 4.00. The van der Waals surface area contributed by atoms with Gasteiger partial charge in [-0.2, -0.15) is 5.48 Å². The van der Waals surface area contributed by atoms with Gasteiger partial charge in [0.2, 0.25) is 0 Å². The molecule has 1 aromatic rings. The quantitative estimate of drug-likeness (QED) is 0.740. The van der Waals surface area contributed by atoms with E-state index in [4.69, 9.17) is 9.94 Å². The third-order valence-corrected chi connectivity index (χ3v) is 2.15. The standard InChI is InChI=1S/C12H17NO3/c1-12(2,9-14)8-13-16-11(15)10-6-4-3-5-7-10/h3-7,13-14H,8-9H2,1-2H3. The minimum Gasteiger partial charge on any atom is -0.396 e. The molecule has 0 radical (unpaired) electrons. The van der Waals surface area contributed by atoms with E-state index in [2.05, 4.69) is 5.48 Å². The number of hydroxylamine groups is 1. The maximum Gasteiger partial charge on any atom is 0.356 e. The molecular formula is C12H17NO3. The molecule has 0 fully saturated rings. The van der Waals surface area contributed by atoms with Gasteiger partial charge in [0.1, 0.15) is 0 Å². The predicted octanol–water partition coefficient (Wildman–Crippen LogP) is 1.37. The molecule has 1 rings (SSSR count). The van der Waals surface area contributed by atoms with Crippen molar-refractivity contribution in [1.82, 2.24) is 5.48 Å². The number of aliphatic hydroxyl groups is 1. The van der Waals surface area contributed by atoms with E-state index in [9.17, 15) is 4.79 Å². The fraction of sp³-hybridized carbons (Fsp3) is 0.417. The van der Waals surface area contributed by atoms with Crippen LogP contribution in [0.15, 0.2) is 30.3 Å². The summed E-state index contributed by atoms with van der Waals surface area (Å²) in [6, 6.07) is 8.74. The van der Waals surface area contributed by atoms with Crippen LogP contribution in [-0.2, 0) is 4.84 Å². The minimum absolute atomic E-state index is 0.0306. The molecule has 0 aliphatic heterocycles. The van der Waals surface area contributed by atoms with Crippen LogP contribution in [0.1, 0.15) is 24.2 Å². The van der Waals surface area contributed by atoms with Crippen LogP contribution in [0.3, 0.4) is 0 Å². The van der Waals surface area contributed by atoms with Gasteiger partial charge in [0, 0.05) is 18.6 Å². The normalized spacial score (nSPS) is 11.2. The van der Waals surface area contributed by atoms with Crippen molar-refractivity contribution in [2.45, 2.75) is 13.8 Å². The lowest BCUT2D eigenvalue weighted by Crippen LogP contribution is -2.33. The first-order valence-electron chi connectivity index (χ1n) is 5.15. The van der Waals surface area contributed by atoms with E-state index in [1.165, 1.54) is 0 Å². The van der Waals surface area contributed by atoms with E-state index in [0.717, 1.165) is 0 Å². The summed E-state index contributed by atoms with van der Waals surface area (Å²) in [6.07, 6.45) is 0. The van der Waals surface area contributed by atoms with Crippen LogP contribution in [0.5, 0.6) is 0 Å². The average Bonchev–Trinajstić information content (AvgIpc) is 2.30. The number of nitrogens with one attached hydrogen (secondary N) is 1. The number of aliphatic hydroxyl groups excluding tert-OH is 1. The molecule has 0 amide bonds. The van der Waals surface area contributed by atoms with Crippen molar-refractivity contribution in [2.24, 2.45) is 5.41 Å². The van der Waals surface area contributed by atoms with Crippen molar-refractivity contribution in [3.05, 3.63) is 35.9 Å². The van der Waals surface area contributed by atoms with Crippen LogP contribution in [0.25, 0.3) is 0 Å². The van der Waals surface area contributed by atoms with Crippen molar-refractivity contribution in [3.8, 4) is 0 Å². The second kappa shape index (κ2) is 5.63. The zero-order chi connectivity index (χ0) is 12.0. The first kappa shape index (κ1) is 12.7. The summed E-state index contributed by atoms with van der Waals surface area (Å²) < 4.78 is 0. The van der Waals surface area contributed by atoms with Crippen molar-refractivity contribution >= 4 is 5.97 Å². The number of rotatable bonds is 5. The minimum atomic E-state index is -0.422. The summed E-state index contributed by atoms with van der Waals surface area (Å²) in [7, 11) is 0. The third-order valence-electron chi connectivity index (χ3n) is 2.15. The lowest BCUT2D eigenvalue weighted by Gasteiger charge is -2.21. The van der Waals surface area contributed by atoms with Gasteiger partial charge >= 0.3 is 5.97 Å². The summed E-state index contributed by atoms with van der Waals surface area (Å²) in [5, 5.41) is 9.00. The highest BCUT2D eigenvalue weighted by molar-refractivity contribution is 5.89. The van der Waals surface area contributed by atoms with Crippen LogP contribution in [0, 0.1) is 5.41 Å². The molecule has 0 aliphatic carbocycles. The fourth-order valence-electron chi connectivity index (χ4n) is 0.986. The lowest BCUT2D eigenvalue weighted by atomic mass is 9.96. The molecule has 1 aromatic carbocycles. The molecule has 16 heavy (non-hydrogen) atoms. The molecule has 0 spiro atoms. The zero-order valence-corrected chi connectivity index (χ0v) is 9.56. The molecule has 0 aromatic heterocycles. The van der Waals surface area contributed by atoms with Crippen LogP contribution < -0.4 is 5.48 Å². The Hall–Kier alpha value is -1.39. The Labute approximate surface area is 95.2 Å². The Morgan fingerprint density at radius 1 is 1.38 bits per heavy atom. The second-order valence-electron chi connectivity index (χ2n) is 4.40. The molecule has 88 valence electrons. The summed E-state index contributed by atoms with van der Waals surface area (Å²) in [5.74, 6) is -0.422. The molecule has 0 heterocycles. The number of benzene rings is 1. The van der Waals surface area contributed by atoms with Gasteiger partial charge < -0.3 is 9.94 Å². The molecule has 0 saturated carbocycles. The SMILES string of the molecule is CC(C)(CO)CNOC(=O)c1ccccc1. The number of carbonyl (C=O) groups is 1. The van der Waals surface area contributed by atoms with E-state index in [1.807, 2.05) is 19.9 Å². The van der Waals surface area contributed by atoms with Crippen LogP contribution in [0.2, 0.25) is 0 Å². The highest BCUT2D eigenvalue weighted by atomic mass is 16.7. The molecule has 0 aliphatic rings. The van der Waals surface area contributed by atoms with Crippen LogP contribution in [-0.4, -0.2) is 24.2 Å². The van der Waals surface area contributed by atoms with Gasteiger partial charge in [-0.15, -0.1) is 0 Å². The topological polar surface area (TPSA) is 58.6 Å². The maximum absolute atomic E-state index is 11.5. The Balaban J connectivity index is 2.37. The summed E-state index contributed by atoms with van der Waals surface area (Å²) >= 11 is 0. The molecule has 0 atom stereocenters. The molecular weight excluding hydrogens is 206 g/mol. The van der Waals surface area contributed by atoms with Gasteiger partial charge in [0.05, 0.1) is 5.56 Å². The maximum atomic E-state index is 11.5. The molecule has 4 heteroatoms. The van der Waals surface area contributed by atoms with Gasteiger partial charge in [-0.25, -0.2) is 4.79 Å². The first-order valence-corrected chi connectivity index (χ1v) is 5.15. The molecule has 0 bridgehead atoms. The Bertz CT molecular complexity index is 335. The highest BCUT2D eigenvalue weighted by Crippen LogP contribution is 2.11. The smallest absolute Gasteiger partial charge is 0.356 e. The van der Waals surface area contributed by atoms with E-state index in [0.29, 0.717) is 12.1 Å². The number of hydrogen-bond donors (Lipinski definition) is 2. The summed E-state index contributed by atoms with van der Waals surface area (Å²) in [4.78, 5) is 16.3. The van der Waals surface area contributed by atoms with Crippen molar-refractivity contribution in [3.63, 3.8) is 0 Å². The molecule has 4 nitrogen and oxygen atoms in total. The zero-order valence-electron chi connectivity index (χ0n) is 9.56. The van der Waals surface area contributed by atoms with E-state index < -0.39 is 5.97 Å². The summed E-state index contributed by atoms with van der Waals surface area (Å²) in [6.45, 7) is 4.18. The lowest BCUT2D eigenvalue weighted by molar-refractivity contribution is 0.0124. The van der Waals surface area contributed by atoms with E-state index >= 15 is 0 Å². The van der Waals surface area contributed by atoms with Crippen LogP contribution >= 0.6 is 0 Å². The van der Waals surface area contributed by atoms with Gasteiger partial charge in [0.15, 0.2) is 0 Å². The monoisotopic (exact) mass is 223 g/mol. The van der Waals surface area contributed by atoms with Gasteiger partial charge in [-0.05, 0) is 12.1 Å². The average molecular weight is 223 g/mol. The number of hydrogen-bond acceptors (Lipinski definition) is 4.